The molecule has 2 saturated heterocycles. The van der Waals surface area contributed by atoms with Crippen molar-refractivity contribution in [3.8, 4) is 5.75 Å². The number of carboxylic acids is 1. The van der Waals surface area contributed by atoms with E-state index in [1.54, 1.807) is 19.1 Å². The van der Waals surface area contributed by atoms with E-state index in [1.165, 1.54) is 46.6 Å². The number of hydrogen-bond acceptors (Lipinski definition) is 7. The molecule has 0 radical (unpaired) electrons. The lowest BCUT2D eigenvalue weighted by Crippen LogP contribution is -2.55. The lowest BCUT2D eigenvalue weighted by molar-refractivity contribution is -0.151. The van der Waals surface area contributed by atoms with Crippen LogP contribution in [0, 0.1) is 24.6 Å². The van der Waals surface area contributed by atoms with E-state index < -0.39 is 51.5 Å². The molecule has 4 rings (SSSR count). The van der Waals surface area contributed by atoms with Crippen molar-refractivity contribution in [2.45, 2.75) is 31.7 Å². The summed E-state index contributed by atoms with van der Waals surface area (Å²) in [6.07, 6.45) is 1.92. The highest BCUT2D eigenvalue weighted by Crippen LogP contribution is 2.42. The van der Waals surface area contributed by atoms with Crippen LogP contribution in [0.5, 0.6) is 5.75 Å². The van der Waals surface area contributed by atoms with Crippen molar-refractivity contribution in [3.63, 3.8) is 0 Å². The van der Waals surface area contributed by atoms with E-state index in [9.17, 15) is 37.4 Å². The van der Waals surface area contributed by atoms with Crippen molar-refractivity contribution in [3.05, 3.63) is 65.0 Å². The Kier molecular flexibility index (Phi) is 9.15. The zero-order valence-corrected chi connectivity index (χ0v) is 24.2. The highest BCUT2D eigenvalue weighted by Gasteiger charge is 2.48. The Morgan fingerprint density at radius 3 is 2.44 bits per heavy atom. The lowest BCUT2D eigenvalue weighted by atomic mass is 9.69. The van der Waals surface area contributed by atoms with Gasteiger partial charge in [0.2, 0.25) is 15.9 Å². The molecule has 2 aliphatic heterocycles. The highest BCUT2D eigenvalue weighted by molar-refractivity contribution is 7.88. The number of piperidine rings is 1. The Hall–Kier alpha value is -3.35. The van der Waals surface area contributed by atoms with E-state index in [1.807, 2.05) is 4.90 Å². The maximum Gasteiger partial charge on any atom is 0.326 e. The third-order valence-corrected chi connectivity index (χ3v) is 9.66. The average Bonchev–Trinajstić information content (AvgIpc) is 3.42. The number of likely N-dealkylation sites (N-methyl/N-ethyl adjacent to an activating group) is 1. The number of hydrogen-bond donors (Lipinski definition) is 2. The average molecular weight is 590 g/mol. The molecule has 0 aromatic heterocycles. The number of likely N-dealkylation sites (tertiary alicyclic amines) is 2. The van der Waals surface area contributed by atoms with Crippen molar-refractivity contribution in [2.75, 3.05) is 46.0 Å². The van der Waals surface area contributed by atoms with Crippen LogP contribution in [0.1, 0.15) is 40.2 Å². The summed E-state index contributed by atoms with van der Waals surface area (Å²) in [7, 11) is -2.03. The fourth-order valence-corrected chi connectivity index (χ4v) is 6.45. The van der Waals surface area contributed by atoms with Crippen LogP contribution in [-0.4, -0.2) is 102 Å². The molecule has 2 fully saturated rings. The van der Waals surface area contributed by atoms with E-state index in [0.717, 1.165) is 6.26 Å². The fourth-order valence-electron chi connectivity index (χ4n) is 6.04. The predicted molar refractivity (Wildman–Crippen MR) is 150 cm³/mol. The van der Waals surface area contributed by atoms with E-state index in [0.29, 0.717) is 24.0 Å². The van der Waals surface area contributed by atoms with Gasteiger partial charge in [-0.25, -0.2) is 21.9 Å². The number of aromatic hydroxyl groups is 1. The molecule has 41 heavy (non-hydrogen) atoms. The monoisotopic (exact) mass is 589 g/mol. The minimum Gasteiger partial charge on any atom is -0.508 e. The molecule has 10 nitrogen and oxygen atoms in total. The normalized spacial score (nSPS) is 23.6. The summed E-state index contributed by atoms with van der Waals surface area (Å²) in [5.41, 5.74) is 1.01. The molecule has 0 spiro atoms. The van der Waals surface area contributed by atoms with E-state index in [2.05, 4.69) is 0 Å². The molecule has 2 aromatic carbocycles. The summed E-state index contributed by atoms with van der Waals surface area (Å²) in [6.45, 7) is 2.45. The Morgan fingerprint density at radius 2 is 1.78 bits per heavy atom. The molecular weight excluding hydrogens is 553 g/mol. The summed E-state index contributed by atoms with van der Waals surface area (Å²) in [5, 5.41) is 19.9. The zero-order valence-electron chi connectivity index (χ0n) is 23.4. The van der Waals surface area contributed by atoms with Gasteiger partial charge in [0.05, 0.1) is 12.2 Å². The van der Waals surface area contributed by atoms with Crippen molar-refractivity contribution in [1.82, 2.24) is 14.1 Å². The van der Waals surface area contributed by atoms with E-state index in [4.69, 9.17) is 0 Å². The fraction of sp³-hybridized carbons (Fsp3) is 0.483. The van der Waals surface area contributed by atoms with Gasteiger partial charge in [-0.15, -0.1) is 0 Å². The number of amides is 1. The number of halogens is 1. The Bertz CT molecular complexity index is 1430. The van der Waals surface area contributed by atoms with E-state index >= 15 is 0 Å². The number of Topliss-reactive ketones (excluding diaryl/α,β-unsaturated/α-hetero) is 1. The van der Waals surface area contributed by atoms with Crippen LogP contribution < -0.4 is 0 Å². The minimum atomic E-state index is -3.48. The number of carbonyl (C=O) groups excluding carboxylic acids is 2. The number of carboxylic acid groups (broad SMARTS) is 1. The Morgan fingerprint density at radius 1 is 1.10 bits per heavy atom. The first-order chi connectivity index (χ1) is 19.3. The van der Waals surface area contributed by atoms with Gasteiger partial charge in [0.1, 0.15) is 17.6 Å². The van der Waals surface area contributed by atoms with Crippen LogP contribution in [0.2, 0.25) is 0 Å². The molecule has 2 aliphatic rings. The number of nitrogens with zero attached hydrogens (tertiary/aromatic N) is 3. The standard InChI is InChI=1S/C29H36FN3O7S/c1-18-21(9-5-10-24(18)30)26-22(27(35)19-7-4-8-20(34)15-19)16-32(14-13-31(2)41(3,39)40)17-23(26)28(36)33-12-6-11-25(33)29(37)38/h4-5,7-10,15,22-23,25-26,34H,6,11-14,16-17H2,1-3H3,(H,37,38)/t22-,23+,25?,26-/m0/s1. The molecule has 12 heteroatoms. The molecule has 1 amide bonds. The van der Waals surface area contributed by atoms with Gasteiger partial charge in [-0.05, 0) is 49.1 Å². The van der Waals surface area contributed by atoms with Crippen LogP contribution in [0.4, 0.5) is 4.39 Å². The van der Waals surface area contributed by atoms with Crippen molar-refractivity contribution in [2.24, 2.45) is 11.8 Å². The van der Waals surface area contributed by atoms with E-state index in [-0.39, 0.29) is 49.8 Å². The van der Waals surface area contributed by atoms with Crippen LogP contribution in [0.3, 0.4) is 0 Å². The number of ketones is 1. The zero-order chi connectivity index (χ0) is 30.1. The second-order valence-electron chi connectivity index (χ2n) is 11.0. The molecule has 1 unspecified atom stereocenters. The van der Waals surface area contributed by atoms with Gasteiger partial charge in [0.25, 0.3) is 0 Å². The van der Waals surface area contributed by atoms with Crippen LogP contribution in [0.25, 0.3) is 0 Å². The second-order valence-corrected chi connectivity index (χ2v) is 13.1. The number of benzene rings is 2. The number of phenols is 1. The molecule has 222 valence electrons. The summed E-state index contributed by atoms with van der Waals surface area (Å²) in [4.78, 5) is 43.4. The van der Waals surface area contributed by atoms with Crippen LogP contribution in [-0.2, 0) is 19.6 Å². The first kappa shape index (κ1) is 30.6. The van der Waals surface area contributed by atoms with Gasteiger partial charge in [-0.2, -0.15) is 0 Å². The predicted octanol–water partition coefficient (Wildman–Crippen LogP) is 2.32. The first-order valence-electron chi connectivity index (χ1n) is 13.5. The summed E-state index contributed by atoms with van der Waals surface area (Å²) in [5.74, 6) is -5.04. The topological polar surface area (TPSA) is 136 Å². The van der Waals surface area contributed by atoms with Gasteiger partial charge in [-0.1, -0.05) is 24.3 Å². The highest BCUT2D eigenvalue weighted by atomic mass is 32.2. The van der Waals surface area contributed by atoms with Crippen molar-refractivity contribution >= 4 is 27.7 Å². The van der Waals surface area contributed by atoms with Crippen molar-refractivity contribution < 1.29 is 37.4 Å². The number of carbonyl (C=O) groups is 3. The molecule has 4 atom stereocenters. The molecule has 2 N–H and O–H groups in total. The largest absolute Gasteiger partial charge is 0.508 e. The SMILES string of the molecule is Cc1c(F)cccc1[C@H]1[C@@H](C(=O)c2cccc(O)c2)CN(CCN(C)S(C)(=O)=O)C[C@H]1C(=O)N1CCCC1C(=O)O. The molecule has 2 aromatic rings. The molecule has 0 aliphatic carbocycles. The second kappa shape index (κ2) is 12.3. The van der Waals surface area contributed by atoms with Crippen LogP contribution >= 0.6 is 0 Å². The van der Waals surface area contributed by atoms with Gasteiger partial charge < -0.3 is 20.0 Å². The molecule has 0 saturated carbocycles. The van der Waals surface area contributed by atoms with Crippen LogP contribution in [0.15, 0.2) is 42.5 Å². The Labute approximate surface area is 239 Å². The maximum absolute atomic E-state index is 14.9. The van der Waals surface area contributed by atoms with Gasteiger partial charge in [-0.3, -0.25) is 9.59 Å². The molecule has 0 bridgehead atoms. The quantitative estimate of drug-likeness (QED) is 0.426. The van der Waals surface area contributed by atoms with Crippen molar-refractivity contribution in [1.29, 1.82) is 0 Å². The number of phenolic OH excluding ortho intramolecular Hbond substituents is 1. The number of aliphatic carboxylic acids is 1. The maximum atomic E-state index is 14.9. The minimum absolute atomic E-state index is 0.106. The number of rotatable bonds is 9. The molecular formula is C29H36FN3O7S. The van der Waals surface area contributed by atoms with Gasteiger partial charge >= 0.3 is 5.97 Å². The van der Waals surface area contributed by atoms with Gasteiger partial charge in [0, 0.05) is 57.2 Å². The smallest absolute Gasteiger partial charge is 0.326 e. The Balaban J connectivity index is 1.81. The first-order valence-corrected chi connectivity index (χ1v) is 15.4. The van der Waals surface area contributed by atoms with Gasteiger partial charge in [0.15, 0.2) is 5.78 Å². The molecule has 2 heterocycles. The number of sulfonamides is 1. The lowest BCUT2D eigenvalue weighted by Gasteiger charge is -2.45. The summed E-state index contributed by atoms with van der Waals surface area (Å²) >= 11 is 0. The third kappa shape index (κ3) is 6.60. The summed E-state index contributed by atoms with van der Waals surface area (Å²) in [6, 6.07) is 9.40. The summed E-state index contributed by atoms with van der Waals surface area (Å²) < 4.78 is 40.1. The third-order valence-electron chi connectivity index (χ3n) is 8.35.